The molecule has 0 aliphatic rings. The topological polar surface area (TPSA) is 98.8 Å². The maximum atomic E-state index is 12.9. The summed E-state index contributed by atoms with van der Waals surface area (Å²) in [5.41, 5.74) is 1.06. The lowest BCUT2D eigenvalue weighted by Crippen LogP contribution is -2.17. The van der Waals surface area contributed by atoms with Gasteiger partial charge in [-0.1, -0.05) is 13.8 Å². The molecule has 0 unspecified atom stereocenters. The maximum Gasteiger partial charge on any atom is 0.338 e. The second-order valence-corrected chi connectivity index (χ2v) is 7.21. The van der Waals surface area contributed by atoms with E-state index in [0.29, 0.717) is 17.9 Å². The van der Waals surface area contributed by atoms with Gasteiger partial charge in [0.1, 0.15) is 5.82 Å². The van der Waals surface area contributed by atoms with Gasteiger partial charge in [0.2, 0.25) is 5.91 Å². The van der Waals surface area contributed by atoms with Gasteiger partial charge in [0, 0.05) is 17.7 Å². The first-order valence-electron chi connectivity index (χ1n) is 9.76. The molecule has 2 aromatic rings. The van der Waals surface area contributed by atoms with Crippen LogP contribution in [0, 0.1) is 11.7 Å². The van der Waals surface area contributed by atoms with E-state index in [9.17, 15) is 23.6 Å². The summed E-state index contributed by atoms with van der Waals surface area (Å²) in [6.07, 6.45) is -0.343. The molecule has 0 aliphatic heterocycles. The van der Waals surface area contributed by atoms with Gasteiger partial charge >= 0.3 is 11.9 Å². The van der Waals surface area contributed by atoms with Crippen LogP contribution in [0.2, 0.25) is 0 Å². The van der Waals surface area contributed by atoms with E-state index in [-0.39, 0.29) is 24.3 Å². The van der Waals surface area contributed by atoms with E-state index in [1.165, 1.54) is 24.3 Å². The van der Waals surface area contributed by atoms with Crippen LogP contribution >= 0.6 is 0 Å². The fourth-order valence-corrected chi connectivity index (χ4v) is 2.39. The normalized spacial score (nSPS) is 10.5. The highest BCUT2D eigenvalue weighted by molar-refractivity contribution is 5.98. The summed E-state index contributed by atoms with van der Waals surface area (Å²) in [5.74, 6) is -2.27. The summed E-state index contributed by atoms with van der Waals surface area (Å²) in [5, 5.41) is 2.61. The van der Waals surface area contributed by atoms with E-state index in [1.807, 2.05) is 13.8 Å². The van der Waals surface area contributed by atoms with Crippen molar-refractivity contribution in [2.45, 2.75) is 26.7 Å². The lowest BCUT2D eigenvalue weighted by Gasteiger charge is -2.08. The van der Waals surface area contributed by atoms with Gasteiger partial charge in [-0.3, -0.25) is 14.4 Å². The molecule has 31 heavy (non-hydrogen) atoms. The van der Waals surface area contributed by atoms with Crippen molar-refractivity contribution >= 4 is 29.3 Å². The highest BCUT2D eigenvalue weighted by Gasteiger charge is 2.13. The molecule has 0 fully saturated rings. The van der Waals surface area contributed by atoms with E-state index in [0.717, 1.165) is 12.1 Å². The number of anilines is 1. The molecule has 0 atom stereocenters. The summed E-state index contributed by atoms with van der Waals surface area (Å²) in [4.78, 5) is 47.5. The molecule has 0 heterocycles. The number of halogens is 1. The van der Waals surface area contributed by atoms with Gasteiger partial charge < -0.3 is 14.8 Å². The van der Waals surface area contributed by atoms with Crippen molar-refractivity contribution in [1.82, 2.24) is 0 Å². The molecule has 0 radical (unpaired) electrons. The van der Waals surface area contributed by atoms with Crippen molar-refractivity contribution < 1.29 is 33.0 Å². The third-order valence-corrected chi connectivity index (χ3v) is 4.04. The van der Waals surface area contributed by atoms with Crippen molar-refractivity contribution in [2.75, 3.05) is 18.5 Å². The predicted molar refractivity (Wildman–Crippen MR) is 111 cm³/mol. The fourth-order valence-electron chi connectivity index (χ4n) is 2.39. The molecule has 0 bridgehead atoms. The number of esters is 2. The molecule has 8 heteroatoms. The Hall–Kier alpha value is -3.55. The second-order valence-electron chi connectivity index (χ2n) is 7.21. The van der Waals surface area contributed by atoms with Crippen LogP contribution in [0.15, 0.2) is 48.5 Å². The Morgan fingerprint density at radius 1 is 0.871 bits per heavy atom. The number of hydrogen-bond donors (Lipinski definition) is 1. The minimum absolute atomic E-state index is 0.137. The lowest BCUT2D eigenvalue weighted by molar-refractivity contribution is -0.143. The Kier molecular flexibility index (Phi) is 8.87. The Balaban J connectivity index is 1.72. The van der Waals surface area contributed by atoms with E-state index in [4.69, 9.17) is 9.47 Å². The number of carbonyl (C=O) groups is 4. The number of ether oxygens (including phenoxy) is 2. The monoisotopic (exact) mass is 429 g/mol. The molecular formula is C23H24FNO6. The first-order chi connectivity index (χ1) is 14.7. The van der Waals surface area contributed by atoms with Crippen molar-refractivity contribution in [3.63, 3.8) is 0 Å². The van der Waals surface area contributed by atoms with E-state index in [1.54, 1.807) is 12.1 Å². The molecule has 1 amide bonds. The number of hydrogen-bond acceptors (Lipinski definition) is 6. The van der Waals surface area contributed by atoms with Crippen LogP contribution in [0.4, 0.5) is 10.1 Å². The van der Waals surface area contributed by atoms with Gasteiger partial charge in [-0.25, -0.2) is 9.18 Å². The van der Waals surface area contributed by atoms with Crippen LogP contribution in [-0.4, -0.2) is 36.8 Å². The molecule has 7 nitrogen and oxygen atoms in total. The van der Waals surface area contributed by atoms with Crippen LogP contribution in [0.1, 0.15) is 47.4 Å². The average Bonchev–Trinajstić information content (AvgIpc) is 2.75. The first kappa shape index (κ1) is 23.7. The molecule has 164 valence electrons. The quantitative estimate of drug-likeness (QED) is 0.456. The Morgan fingerprint density at radius 2 is 1.48 bits per heavy atom. The van der Waals surface area contributed by atoms with E-state index in [2.05, 4.69) is 5.32 Å². The molecule has 0 aromatic heterocycles. The number of ketones is 1. The van der Waals surface area contributed by atoms with Crippen LogP contribution in [0.25, 0.3) is 0 Å². The van der Waals surface area contributed by atoms with Gasteiger partial charge in [0.05, 0.1) is 18.6 Å². The second kappa shape index (κ2) is 11.6. The summed E-state index contributed by atoms with van der Waals surface area (Å²) in [6, 6.07) is 11.1. The molecular weight excluding hydrogens is 405 g/mol. The van der Waals surface area contributed by atoms with Gasteiger partial charge in [0.15, 0.2) is 12.4 Å². The van der Waals surface area contributed by atoms with Gasteiger partial charge in [-0.15, -0.1) is 0 Å². The highest BCUT2D eigenvalue weighted by Crippen LogP contribution is 2.12. The zero-order chi connectivity index (χ0) is 22.8. The average molecular weight is 429 g/mol. The van der Waals surface area contributed by atoms with E-state index >= 15 is 0 Å². The zero-order valence-corrected chi connectivity index (χ0v) is 17.4. The highest BCUT2D eigenvalue weighted by atomic mass is 19.1. The lowest BCUT2D eigenvalue weighted by atomic mass is 10.1. The van der Waals surface area contributed by atoms with Gasteiger partial charge in [-0.2, -0.15) is 0 Å². The first-order valence-corrected chi connectivity index (χ1v) is 9.76. The smallest absolute Gasteiger partial charge is 0.338 e. The summed E-state index contributed by atoms with van der Waals surface area (Å²) < 4.78 is 22.8. The third kappa shape index (κ3) is 8.38. The van der Waals surface area contributed by atoms with Crippen LogP contribution in [-0.2, 0) is 19.1 Å². The molecule has 0 spiro atoms. The molecule has 2 aromatic carbocycles. The summed E-state index contributed by atoms with van der Waals surface area (Å²) >= 11 is 0. The van der Waals surface area contributed by atoms with Crippen molar-refractivity contribution in [2.24, 2.45) is 5.92 Å². The number of Topliss-reactive ketones (excluding diaryl/α,β-unsaturated/α-hetero) is 1. The van der Waals surface area contributed by atoms with Gasteiger partial charge in [0.25, 0.3) is 0 Å². The van der Waals surface area contributed by atoms with Gasteiger partial charge in [-0.05, 0) is 54.4 Å². The Morgan fingerprint density at radius 3 is 2.10 bits per heavy atom. The fraction of sp³-hybridized carbons (Fsp3) is 0.304. The zero-order valence-electron chi connectivity index (χ0n) is 17.4. The number of rotatable bonds is 10. The largest absolute Gasteiger partial charge is 0.462 e. The minimum atomic E-state index is -0.700. The van der Waals surface area contributed by atoms with Crippen molar-refractivity contribution in [1.29, 1.82) is 0 Å². The standard InChI is InChI=1S/C23H24FNO6/c1-15(2)13-31-23(29)17-5-9-19(10-6-17)25-21(27)11-12-22(28)30-14-20(26)16-3-7-18(24)8-4-16/h3-10,15H,11-14H2,1-2H3,(H,25,27). The Bertz CT molecular complexity index is 922. The van der Waals surface area contributed by atoms with E-state index < -0.39 is 36.1 Å². The number of carbonyl (C=O) groups excluding carboxylic acids is 4. The number of amides is 1. The van der Waals surface area contributed by atoms with Crippen LogP contribution in [0.5, 0.6) is 0 Å². The minimum Gasteiger partial charge on any atom is -0.462 e. The SMILES string of the molecule is CC(C)COC(=O)c1ccc(NC(=O)CCC(=O)OCC(=O)c2ccc(F)cc2)cc1. The summed E-state index contributed by atoms with van der Waals surface area (Å²) in [7, 11) is 0. The Labute approximate surface area is 179 Å². The maximum absolute atomic E-state index is 12.9. The molecule has 0 aliphatic carbocycles. The number of nitrogens with one attached hydrogen (secondary N) is 1. The predicted octanol–water partition coefficient (Wildman–Crippen LogP) is 3.78. The summed E-state index contributed by atoms with van der Waals surface area (Å²) in [6.45, 7) is 3.71. The van der Waals surface area contributed by atoms with Crippen molar-refractivity contribution in [3.05, 3.63) is 65.5 Å². The molecule has 2 rings (SSSR count). The molecule has 0 saturated carbocycles. The third-order valence-electron chi connectivity index (χ3n) is 4.04. The number of benzene rings is 2. The molecule has 0 saturated heterocycles. The van der Waals surface area contributed by atoms with Crippen LogP contribution < -0.4 is 5.32 Å². The van der Waals surface area contributed by atoms with Crippen molar-refractivity contribution in [3.8, 4) is 0 Å². The van der Waals surface area contributed by atoms with Crippen LogP contribution in [0.3, 0.4) is 0 Å². The molecule has 1 N–H and O–H groups in total.